The Bertz CT molecular complexity index is 427. The summed E-state index contributed by atoms with van der Waals surface area (Å²) in [5.74, 6) is 0.444. The first-order valence-corrected chi connectivity index (χ1v) is 9.35. The predicted octanol–water partition coefficient (Wildman–Crippen LogP) is 2.56. The minimum absolute atomic E-state index is 0.0493. The summed E-state index contributed by atoms with van der Waals surface area (Å²) in [7, 11) is 0. The second kappa shape index (κ2) is 9.25. The maximum Gasteiger partial charge on any atom is 0.409 e. The number of carbonyl (C=O) groups is 2. The van der Waals surface area contributed by atoms with Gasteiger partial charge in [-0.2, -0.15) is 0 Å². The quantitative estimate of drug-likeness (QED) is 0.835. The zero-order valence-corrected chi connectivity index (χ0v) is 15.3. The highest BCUT2D eigenvalue weighted by Crippen LogP contribution is 2.22. The molecule has 2 heterocycles. The second-order valence-electron chi connectivity index (χ2n) is 7.28. The van der Waals surface area contributed by atoms with Crippen molar-refractivity contribution < 1.29 is 19.1 Å². The maximum atomic E-state index is 12.7. The van der Waals surface area contributed by atoms with E-state index in [-0.39, 0.29) is 30.1 Å². The van der Waals surface area contributed by atoms with Crippen LogP contribution in [-0.2, 0) is 14.3 Å². The zero-order valence-electron chi connectivity index (χ0n) is 15.3. The van der Waals surface area contributed by atoms with Crippen molar-refractivity contribution in [1.29, 1.82) is 0 Å². The number of ether oxygens (including phenoxy) is 2. The lowest BCUT2D eigenvalue weighted by Gasteiger charge is -2.36. The van der Waals surface area contributed by atoms with Gasteiger partial charge in [-0.05, 0) is 44.9 Å². The van der Waals surface area contributed by atoms with Crippen LogP contribution in [0, 0.1) is 11.8 Å². The fourth-order valence-electron chi connectivity index (χ4n) is 3.57. The Hall–Kier alpha value is -1.30. The SMILES string of the molecule is CCOC(=O)N1CCC[C@H](C(=O)N[C@H]2CCCO[C@H]2CC(C)C)C1. The lowest BCUT2D eigenvalue weighted by atomic mass is 9.92. The average Bonchev–Trinajstić information content (AvgIpc) is 2.56. The molecular weight excluding hydrogens is 308 g/mol. The fraction of sp³-hybridized carbons (Fsp3) is 0.889. The standard InChI is InChI=1S/C18H32N2O4/c1-4-23-18(22)20-9-5-7-14(12-20)17(21)19-15-8-6-10-24-16(15)11-13(2)3/h13-16H,4-12H2,1-3H3,(H,19,21)/t14-,15-,16-/m0/s1. The molecule has 0 spiro atoms. The average molecular weight is 340 g/mol. The van der Waals surface area contributed by atoms with Gasteiger partial charge in [0.2, 0.25) is 5.91 Å². The lowest BCUT2D eigenvalue weighted by molar-refractivity contribution is -0.129. The lowest BCUT2D eigenvalue weighted by Crippen LogP contribution is -2.52. The Balaban J connectivity index is 1.89. The predicted molar refractivity (Wildman–Crippen MR) is 91.7 cm³/mol. The van der Waals surface area contributed by atoms with E-state index >= 15 is 0 Å². The molecule has 0 radical (unpaired) electrons. The van der Waals surface area contributed by atoms with E-state index in [4.69, 9.17) is 9.47 Å². The Labute approximate surface area is 145 Å². The van der Waals surface area contributed by atoms with Gasteiger partial charge in [-0.15, -0.1) is 0 Å². The highest BCUT2D eigenvalue weighted by Gasteiger charge is 2.33. The summed E-state index contributed by atoms with van der Waals surface area (Å²) >= 11 is 0. The molecule has 2 aliphatic rings. The third kappa shape index (κ3) is 5.36. The fourth-order valence-corrected chi connectivity index (χ4v) is 3.57. The number of hydrogen-bond acceptors (Lipinski definition) is 4. The number of nitrogens with one attached hydrogen (secondary N) is 1. The number of rotatable bonds is 5. The summed E-state index contributed by atoms with van der Waals surface area (Å²) in [6.45, 7) is 8.42. The van der Waals surface area contributed by atoms with Crippen LogP contribution in [0.1, 0.15) is 52.9 Å². The summed E-state index contributed by atoms with van der Waals surface area (Å²) in [6, 6.07) is 0.0895. The van der Waals surface area contributed by atoms with E-state index in [9.17, 15) is 9.59 Å². The number of hydrogen-bond donors (Lipinski definition) is 1. The topological polar surface area (TPSA) is 67.9 Å². The van der Waals surface area contributed by atoms with Gasteiger partial charge in [0.1, 0.15) is 0 Å². The molecule has 2 saturated heterocycles. The van der Waals surface area contributed by atoms with Crippen LogP contribution in [0.3, 0.4) is 0 Å². The highest BCUT2D eigenvalue weighted by molar-refractivity contribution is 5.80. The normalized spacial score (nSPS) is 27.8. The van der Waals surface area contributed by atoms with Crippen LogP contribution in [0.4, 0.5) is 4.79 Å². The van der Waals surface area contributed by atoms with E-state index < -0.39 is 0 Å². The second-order valence-corrected chi connectivity index (χ2v) is 7.28. The van der Waals surface area contributed by atoms with Crippen LogP contribution in [-0.4, -0.2) is 55.3 Å². The highest BCUT2D eigenvalue weighted by atomic mass is 16.6. The third-order valence-corrected chi connectivity index (χ3v) is 4.79. The first-order chi connectivity index (χ1) is 11.5. The van der Waals surface area contributed by atoms with Crippen molar-refractivity contribution in [3.05, 3.63) is 0 Å². The summed E-state index contributed by atoms with van der Waals surface area (Å²) < 4.78 is 10.9. The van der Waals surface area contributed by atoms with Gasteiger partial charge in [-0.25, -0.2) is 4.79 Å². The van der Waals surface area contributed by atoms with Gasteiger partial charge in [0.15, 0.2) is 0 Å². The van der Waals surface area contributed by atoms with E-state index in [0.717, 1.165) is 38.7 Å². The molecule has 1 N–H and O–H groups in total. The summed E-state index contributed by atoms with van der Waals surface area (Å²) in [5, 5.41) is 3.19. The first kappa shape index (κ1) is 19.0. The number of nitrogens with zero attached hydrogens (tertiary/aromatic N) is 1. The Morgan fingerprint density at radius 3 is 2.79 bits per heavy atom. The Kier molecular flexibility index (Phi) is 7.34. The summed E-state index contributed by atoms with van der Waals surface area (Å²) in [6.07, 6.45) is 4.37. The van der Waals surface area contributed by atoms with E-state index in [1.807, 2.05) is 0 Å². The number of piperidine rings is 1. The molecule has 0 aromatic heterocycles. The van der Waals surface area contributed by atoms with Crippen molar-refractivity contribution in [2.45, 2.75) is 65.0 Å². The third-order valence-electron chi connectivity index (χ3n) is 4.79. The molecule has 2 aliphatic heterocycles. The zero-order chi connectivity index (χ0) is 17.5. The Morgan fingerprint density at radius 1 is 1.29 bits per heavy atom. The van der Waals surface area contributed by atoms with Crippen molar-refractivity contribution in [3.8, 4) is 0 Å². The Morgan fingerprint density at radius 2 is 2.08 bits per heavy atom. The number of carbonyl (C=O) groups excluding carboxylic acids is 2. The number of likely N-dealkylation sites (tertiary alicyclic amines) is 1. The molecule has 0 unspecified atom stereocenters. The molecule has 138 valence electrons. The molecule has 0 aliphatic carbocycles. The van der Waals surface area contributed by atoms with E-state index in [0.29, 0.717) is 25.6 Å². The largest absolute Gasteiger partial charge is 0.450 e. The van der Waals surface area contributed by atoms with E-state index in [2.05, 4.69) is 19.2 Å². The molecule has 0 aromatic rings. The molecule has 6 nitrogen and oxygen atoms in total. The summed E-state index contributed by atoms with van der Waals surface area (Å²) in [4.78, 5) is 26.2. The molecular formula is C18H32N2O4. The molecule has 0 aromatic carbocycles. The van der Waals surface area contributed by atoms with Crippen molar-refractivity contribution in [3.63, 3.8) is 0 Å². The maximum absolute atomic E-state index is 12.7. The molecule has 0 bridgehead atoms. The molecule has 24 heavy (non-hydrogen) atoms. The molecule has 2 rings (SSSR count). The van der Waals surface area contributed by atoms with Gasteiger partial charge in [-0.1, -0.05) is 13.8 Å². The van der Waals surface area contributed by atoms with Crippen molar-refractivity contribution in [2.75, 3.05) is 26.3 Å². The molecule has 0 saturated carbocycles. The van der Waals surface area contributed by atoms with Crippen LogP contribution in [0.15, 0.2) is 0 Å². The van der Waals surface area contributed by atoms with Crippen LogP contribution >= 0.6 is 0 Å². The molecule has 6 heteroatoms. The van der Waals surface area contributed by atoms with Crippen LogP contribution in [0.2, 0.25) is 0 Å². The minimum atomic E-state index is -0.311. The molecule has 2 fully saturated rings. The molecule has 2 amide bonds. The van der Waals surface area contributed by atoms with Crippen LogP contribution < -0.4 is 5.32 Å². The molecule has 3 atom stereocenters. The van der Waals surface area contributed by atoms with Gasteiger partial charge in [0.05, 0.1) is 24.7 Å². The first-order valence-electron chi connectivity index (χ1n) is 9.35. The van der Waals surface area contributed by atoms with Gasteiger partial charge in [0, 0.05) is 19.7 Å². The van der Waals surface area contributed by atoms with Crippen molar-refractivity contribution in [2.24, 2.45) is 11.8 Å². The minimum Gasteiger partial charge on any atom is -0.450 e. The van der Waals surface area contributed by atoms with Crippen molar-refractivity contribution in [1.82, 2.24) is 10.2 Å². The monoisotopic (exact) mass is 340 g/mol. The van der Waals surface area contributed by atoms with Crippen LogP contribution in [0.5, 0.6) is 0 Å². The van der Waals surface area contributed by atoms with Gasteiger partial charge >= 0.3 is 6.09 Å². The van der Waals surface area contributed by atoms with E-state index in [1.165, 1.54) is 0 Å². The number of amides is 2. The van der Waals surface area contributed by atoms with E-state index in [1.54, 1.807) is 11.8 Å². The van der Waals surface area contributed by atoms with Crippen LogP contribution in [0.25, 0.3) is 0 Å². The van der Waals surface area contributed by atoms with Crippen molar-refractivity contribution >= 4 is 12.0 Å². The van der Waals surface area contributed by atoms with Gasteiger partial charge in [0.25, 0.3) is 0 Å². The summed E-state index contributed by atoms with van der Waals surface area (Å²) in [5.41, 5.74) is 0. The smallest absolute Gasteiger partial charge is 0.409 e. The van der Waals surface area contributed by atoms with Gasteiger partial charge in [-0.3, -0.25) is 4.79 Å². The van der Waals surface area contributed by atoms with Gasteiger partial charge < -0.3 is 19.7 Å².